The van der Waals surface area contributed by atoms with Gasteiger partial charge in [-0.1, -0.05) is 163 Å². The van der Waals surface area contributed by atoms with Gasteiger partial charge in [0.25, 0.3) is 0 Å². The Bertz CT molecular complexity index is 2950. The van der Waals surface area contributed by atoms with Crippen LogP contribution in [0.25, 0.3) is 82.4 Å². The van der Waals surface area contributed by atoms with E-state index in [0.29, 0.717) is 0 Å². The third-order valence-corrected chi connectivity index (χ3v) is 10.8. The molecular weight excluding hydrogens is 651 g/mol. The molecule has 1 heterocycles. The Labute approximate surface area is 317 Å². The first-order chi connectivity index (χ1) is 26.5. The molecule has 0 aliphatic heterocycles. The second-order valence-corrected chi connectivity index (χ2v) is 14.4. The molecule has 0 fully saturated rings. The molecule has 0 radical (unpaired) electrons. The SMILES string of the molecule is Cc1ccc(-c2ccccc2)cc1.Cc1ccccc1-c1cc(-c2ccc3c(c2)c2ccccc2n3-c2ccc3c(ccc4ccccc43)c2)ccc1C. The molecule has 0 N–H and O–H groups in total. The van der Waals surface area contributed by atoms with Crippen molar-refractivity contribution in [3.8, 4) is 39.1 Å². The summed E-state index contributed by atoms with van der Waals surface area (Å²) in [6, 6.07) is 70.2. The Morgan fingerprint density at radius 2 is 0.907 bits per heavy atom. The number of aromatic nitrogens is 1. The zero-order valence-electron chi connectivity index (χ0n) is 30.9. The number of para-hydroxylation sites is 1. The minimum absolute atomic E-state index is 1.18. The van der Waals surface area contributed by atoms with Crippen molar-refractivity contribution < 1.29 is 0 Å². The Hall–Kier alpha value is -6.70. The fraction of sp³-hybridized carbons (Fsp3) is 0.0566. The Morgan fingerprint density at radius 1 is 0.315 bits per heavy atom. The lowest BCUT2D eigenvalue weighted by atomic mass is 9.92. The highest BCUT2D eigenvalue weighted by Crippen LogP contribution is 2.38. The number of aryl methyl sites for hydroxylation is 3. The summed E-state index contributed by atoms with van der Waals surface area (Å²) >= 11 is 0. The molecule has 258 valence electrons. The predicted molar refractivity (Wildman–Crippen MR) is 233 cm³/mol. The smallest absolute Gasteiger partial charge is 0.0541 e. The molecule has 10 aromatic rings. The van der Waals surface area contributed by atoms with Gasteiger partial charge in [0, 0.05) is 16.5 Å². The second-order valence-electron chi connectivity index (χ2n) is 14.4. The van der Waals surface area contributed by atoms with Crippen molar-refractivity contribution in [3.05, 3.63) is 211 Å². The van der Waals surface area contributed by atoms with E-state index in [9.17, 15) is 0 Å². The maximum atomic E-state index is 2.41. The third kappa shape index (κ3) is 6.14. The largest absolute Gasteiger partial charge is 0.309 e. The molecule has 0 aliphatic carbocycles. The molecular formula is C53H41N. The highest BCUT2D eigenvalue weighted by molar-refractivity contribution is 6.12. The molecule has 0 saturated heterocycles. The minimum Gasteiger partial charge on any atom is -0.309 e. The van der Waals surface area contributed by atoms with Crippen LogP contribution in [-0.4, -0.2) is 4.57 Å². The topological polar surface area (TPSA) is 4.93 Å². The van der Waals surface area contributed by atoms with Crippen molar-refractivity contribution in [2.24, 2.45) is 0 Å². The van der Waals surface area contributed by atoms with Gasteiger partial charge in [-0.05, 0) is 123 Å². The summed E-state index contributed by atoms with van der Waals surface area (Å²) < 4.78 is 2.41. The molecule has 10 rings (SSSR count). The van der Waals surface area contributed by atoms with Gasteiger partial charge in [0.2, 0.25) is 0 Å². The molecule has 54 heavy (non-hydrogen) atoms. The van der Waals surface area contributed by atoms with E-state index < -0.39 is 0 Å². The lowest BCUT2D eigenvalue weighted by Crippen LogP contribution is -1.94. The molecule has 0 aliphatic rings. The van der Waals surface area contributed by atoms with Crippen LogP contribution < -0.4 is 0 Å². The molecule has 9 aromatic carbocycles. The molecule has 0 atom stereocenters. The van der Waals surface area contributed by atoms with Gasteiger partial charge in [-0.3, -0.25) is 0 Å². The van der Waals surface area contributed by atoms with Crippen LogP contribution in [0.15, 0.2) is 194 Å². The van der Waals surface area contributed by atoms with E-state index in [-0.39, 0.29) is 0 Å². The van der Waals surface area contributed by atoms with Crippen molar-refractivity contribution in [2.45, 2.75) is 20.8 Å². The van der Waals surface area contributed by atoms with Crippen molar-refractivity contribution in [1.82, 2.24) is 4.57 Å². The van der Waals surface area contributed by atoms with Crippen LogP contribution in [0.5, 0.6) is 0 Å². The highest BCUT2D eigenvalue weighted by Gasteiger charge is 2.15. The summed E-state index contributed by atoms with van der Waals surface area (Å²) in [6.45, 7) is 6.50. The fourth-order valence-corrected chi connectivity index (χ4v) is 7.91. The Balaban J connectivity index is 0.000000250. The van der Waals surface area contributed by atoms with Crippen molar-refractivity contribution in [3.63, 3.8) is 0 Å². The number of hydrogen-bond acceptors (Lipinski definition) is 0. The van der Waals surface area contributed by atoms with Crippen LogP contribution in [0.1, 0.15) is 16.7 Å². The first kappa shape index (κ1) is 33.2. The third-order valence-electron chi connectivity index (χ3n) is 10.8. The summed E-state index contributed by atoms with van der Waals surface area (Å²) in [5.74, 6) is 0. The van der Waals surface area contributed by atoms with E-state index in [4.69, 9.17) is 0 Å². The maximum absolute atomic E-state index is 2.41. The second kappa shape index (κ2) is 14.0. The number of hydrogen-bond donors (Lipinski definition) is 0. The normalized spacial score (nSPS) is 11.2. The molecule has 0 saturated carbocycles. The molecule has 1 aromatic heterocycles. The molecule has 0 unspecified atom stereocenters. The molecule has 1 heteroatoms. The first-order valence-electron chi connectivity index (χ1n) is 18.8. The maximum Gasteiger partial charge on any atom is 0.0541 e. The van der Waals surface area contributed by atoms with Crippen LogP contribution in [0.2, 0.25) is 0 Å². The van der Waals surface area contributed by atoms with Crippen molar-refractivity contribution in [2.75, 3.05) is 0 Å². The van der Waals surface area contributed by atoms with E-state index in [1.165, 1.54) is 99.1 Å². The molecule has 0 spiro atoms. The number of rotatable bonds is 4. The van der Waals surface area contributed by atoms with Gasteiger partial charge in [0.15, 0.2) is 0 Å². The van der Waals surface area contributed by atoms with E-state index >= 15 is 0 Å². The lowest BCUT2D eigenvalue weighted by Gasteiger charge is -2.13. The molecule has 1 nitrogen and oxygen atoms in total. The monoisotopic (exact) mass is 691 g/mol. The van der Waals surface area contributed by atoms with Crippen molar-refractivity contribution in [1.29, 1.82) is 0 Å². The van der Waals surface area contributed by atoms with E-state index in [0.717, 1.165) is 0 Å². The van der Waals surface area contributed by atoms with Gasteiger partial charge < -0.3 is 4.57 Å². The molecule has 0 bridgehead atoms. The lowest BCUT2D eigenvalue weighted by molar-refractivity contribution is 1.19. The number of benzene rings is 9. The minimum atomic E-state index is 1.18. The highest BCUT2D eigenvalue weighted by atomic mass is 15.0. The molecule has 0 amide bonds. The van der Waals surface area contributed by atoms with Gasteiger partial charge >= 0.3 is 0 Å². The number of nitrogens with zero attached hydrogens (tertiary/aromatic N) is 1. The number of fused-ring (bicyclic) bond motifs is 6. The average molecular weight is 692 g/mol. The van der Waals surface area contributed by atoms with E-state index in [1.54, 1.807) is 0 Å². The Kier molecular flexibility index (Phi) is 8.61. The summed E-state index contributed by atoms with van der Waals surface area (Å²) in [4.78, 5) is 0. The summed E-state index contributed by atoms with van der Waals surface area (Å²) in [6.07, 6.45) is 0. The zero-order valence-corrected chi connectivity index (χ0v) is 30.9. The quantitative estimate of drug-likeness (QED) is 0.162. The summed E-state index contributed by atoms with van der Waals surface area (Å²) in [5.41, 5.74) is 15.2. The van der Waals surface area contributed by atoms with Gasteiger partial charge in [-0.25, -0.2) is 0 Å². The van der Waals surface area contributed by atoms with E-state index in [2.05, 4.69) is 213 Å². The first-order valence-corrected chi connectivity index (χ1v) is 18.8. The summed E-state index contributed by atoms with van der Waals surface area (Å²) in [7, 11) is 0. The van der Waals surface area contributed by atoms with Crippen LogP contribution in [0.4, 0.5) is 0 Å². The van der Waals surface area contributed by atoms with Crippen LogP contribution in [0.3, 0.4) is 0 Å². The predicted octanol–water partition coefficient (Wildman–Crippen LogP) is 14.7. The van der Waals surface area contributed by atoms with Crippen molar-refractivity contribution >= 4 is 43.4 Å². The summed E-state index contributed by atoms with van der Waals surface area (Å²) in [5, 5.41) is 7.67. The van der Waals surface area contributed by atoms with Crippen LogP contribution in [-0.2, 0) is 0 Å². The van der Waals surface area contributed by atoms with Crippen LogP contribution >= 0.6 is 0 Å². The van der Waals surface area contributed by atoms with Gasteiger partial charge in [0.1, 0.15) is 0 Å². The van der Waals surface area contributed by atoms with E-state index in [1.807, 2.05) is 6.07 Å². The Morgan fingerprint density at radius 3 is 1.74 bits per heavy atom. The van der Waals surface area contributed by atoms with Gasteiger partial charge in [0.05, 0.1) is 11.0 Å². The van der Waals surface area contributed by atoms with Gasteiger partial charge in [-0.2, -0.15) is 0 Å². The van der Waals surface area contributed by atoms with Gasteiger partial charge in [-0.15, -0.1) is 0 Å². The fourth-order valence-electron chi connectivity index (χ4n) is 7.91. The standard InChI is InChI=1S/C40H29N.C13H12/c1-26-9-3-5-11-33(26)37-24-29(16-15-27(37)2)30-19-22-40-38(25-30)36-13-7-8-14-39(36)41(40)32-20-21-35-31(23-32)18-17-28-10-4-6-12-34(28)35;1-11-7-9-13(10-8-11)12-5-3-2-4-6-12/h3-25H,1-2H3;2-10H,1H3. The van der Waals surface area contributed by atoms with Crippen LogP contribution in [0, 0.1) is 20.8 Å². The zero-order chi connectivity index (χ0) is 36.6. The average Bonchev–Trinajstić information content (AvgIpc) is 3.56.